The highest BCUT2D eigenvalue weighted by Crippen LogP contribution is 2.27. The molecule has 1 fully saturated rings. The van der Waals surface area contributed by atoms with Gasteiger partial charge < -0.3 is 14.0 Å². The lowest BCUT2D eigenvalue weighted by atomic mass is 10.00. The van der Waals surface area contributed by atoms with Crippen LogP contribution in [0.15, 0.2) is 36.9 Å². The van der Waals surface area contributed by atoms with Crippen LogP contribution < -0.4 is 0 Å². The Balaban J connectivity index is 1.72. The molecule has 1 aromatic carbocycles. The number of aromatic nitrogens is 2. The zero-order valence-electron chi connectivity index (χ0n) is 13.4. The van der Waals surface area contributed by atoms with Crippen LogP contribution in [0.4, 0.5) is 0 Å². The topological polar surface area (TPSA) is 36.3 Å². The van der Waals surface area contributed by atoms with Gasteiger partial charge in [0, 0.05) is 18.8 Å². The van der Waals surface area contributed by atoms with Crippen LogP contribution in [0.3, 0.4) is 0 Å². The lowest BCUT2D eigenvalue weighted by Gasteiger charge is -2.37. The molecule has 1 aliphatic rings. The average molecular weight is 300 g/mol. The zero-order valence-corrected chi connectivity index (χ0v) is 13.4. The Morgan fingerprint density at radius 1 is 1.14 bits per heavy atom. The molecule has 22 heavy (non-hydrogen) atoms. The van der Waals surface area contributed by atoms with Crippen molar-refractivity contribution in [1.82, 2.24) is 9.55 Å². The number of benzene rings is 1. The maximum absolute atomic E-state index is 6.05. The molecule has 1 aliphatic heterocycles. The van der Waals surface area contributed by atoms with E-state index in [1.807, 2.05) is 17.1 Å². The number of hydrogen-bond donors (Lipinski definition) is 0. The lowest BCUT2D eigenvalue weighted by molar-refractivity contribution is -0.276. The molecule has 0 atom stereocenters. The summed E-state index contributed by atoms with van der Waals surface area (Å²) < 4.78 is 14.1. The second-order valence-electron chi connectivity index (χ2n) is 6.19. The van der Waals surface area contributed by atoms with Gasteiger partial charge in [-0.2, -0.15) is 0 Å². The van der Waals surface area contributed by atoms with Gasteiger partial charge in [-0.1, -0.05) is 29.3 Å². The fourth-order valence-corrected chi connectivity index (χ4v) is 3.14. The van der Waals surface area contributed by atoms with E-state index in [-0.39, 0.29) is 0 Å². The highest BCUT2D eigenvalue weighted by Gasteiger charge is 2.34. The Morgan fingerprint density at radius 2 is 1.86 bits per heavy atom. The van der Waals surface area contributed by atoms with Crippen molar-refractivity contribution in [3.05, 3.63) is 53.6 Å². The second-order valence-corrected chi connectivity index (χ2v) is 6.19. The van der Waals surface area contributed by atoms with Gasteiger partial charge in [0.15, 0.2) is 5.79 Å². The number of hydrogen-bond acceptors (Lipinski definition) is 3. The van der Waals surface area contributed by atoms with Gasteiger partial charge in [0.05, 0.1) is 26.1 Å². The average Bonchev–Trinajstić information content (AvgIpc) is 2.98. The van der Waals surface area contributed by atoms with E-state index in [0.29, 0.717) is 6.54 Å². The molecule has 0 spiro atoms. The third-order valence-electron chi connectivity index (χ3n) is 4.08. The summed E-state index contributed by atoms with van der Waals surface area (Å²) in [5.41, 5.74) is 3.97. The Kier molecular flexibility index (Phi) is 4.60. The van der Waals surface area contributed by atoms with E-state index in [1.54, 1.807) is 6.20 Å². The quantitative estimate of drug-likeness (QED) is 0.850. The highest BCUT2D eigenvalue weighted by atomic mass is 16.7. The summed E-state index contributed by atoms with van der Waals surface area (Å²) in [4.78, 5) is 4.11. The van der Waals surface area contributed by atoms with Gasteiger partial charge >= 0.3 is 0 Å². The number of rotatable bonds is 5. The lowest BCUT2D eigenvalue weighted by Crippen LogP contribution is -2.44. The Bertz CT molecular complexity index is 581. The summed E-state index contributed by atoms with van der Waals surface area (Å²) in [6, 6.07) is 6.71. The van der Waals surface area contributed by atoms with Crippen LogP contribution in [0.25, 0.3) is 0 Å². The monoisotopic (exact) mass is 300 g/mol. The Labute approximate surface area is 132 Å². The zero-order chi connectivity index (χ0) is 15.4. The molecule has 0 saturated carbocycles. The largest absolute Gasteiger partial charge is 0.348 e. The summed E-state index contributed by atoms with van der Waals surface area (Å²) >= 11 is 0. The smallest absolute Gasteiger partial charge is 0.186 e. The molecule has 1 aromatic heterocycles. The minimum atomic E-state index is -0.531. The van der Waals surface area contributed by atoms with Crippen molar-refractivity contribution in [1.29, 1.82) is 0 Å². The minimum Gasteiger partial charge on any atom is -0.348 e. The van der Waals surface area contributed by atoms with Crippen LogP contribution in [0.2, 0.25) is 0 Å². The van der Waals surface area contributed by atoms with E-state index < -0.39 is 5.79 Å². The first-order valence-corrected chi connectivity index (χ1v) is 7.96. The molecule has 4 nitrogen and oxygen atoms in total. The van der Waals surface area contributed by atoms with Gasteiger partial charge in [0.2, 0.25) is 0 Å². The second kappa shape index (κ2) is 6.63. The minimum absolute atomic E-state index is 0.531. The predicted molar refractivity (Wildman–Crippen MR) is 85.7 cm³/mol. The third kappa shape index (κ3) is 3.76. The molecule has 1 saturated heterocycles. The molecule has 0 bridgehead atoms. The molecule has 0 aliphatic carbocycles. The van der Waals surface area contributed by atoms with Crippen LogP contribution >= 0.6 is 0 Å². The molecule has 2 aromatic rings. The first-order valence-electron chi connectivity index (χ1n) is 7.96. The standard InChI is InChI=1S/C18H24N2O2/c1-15-10-16(2)12-17(11-15)4-5-18(21-8-3-9-22-18)13-20-7-6-19-14-20/h6-7,10-12,14H,3-5,8-9,13H2,1-2H3. The fraction of sp³-hybridized carbons (Fsp3) is 0.500. The van der Waals surface area contributed by atoms with E-state index in [4.69, 9.17) is 9.47 Å². The van der Waals surface area contributed by atoms with Crippen LogP contribution in [0, 0.1) is 13.8 Å². The van der Waals surface area contributed by atoms with Crippen molar-refractivity contribution >= 4 is 0 Å². The maximum Gasteiger partial charge on any atom is 0.186 e. The molecule has 2 heterocycles. The van der Waals surface area contributed by atoms with Gasteiger partial charge in [-0.05, 0) is 32.3 Å². The third-order valence-corrected chi connectivity index (χ3v) is 4.08. The molecule has 118 valence electrons. The molecular formula is C18H24N2O2. The Hall–Kier alpha value is -1.65. The van der Waals surface area contributed by atoms with Gasteiger partial charge in [-0.15, -0.1) is 0 Å². The predicted octanol–water partition coefficient (Wildman–Crippen LogP) is 3.27. The van der Waals surface area contributed by atoms with Crippen molar-refractivity contribution < 1.29 is 9.47 Å². The van der Waals surface area contributed by atoms with Gasteiger partial charge in [-0.3, -0.25) is 0 Å². The molecule has 4 heteroatoms. The van der Waals surface area contributed by atoms with Crippen LogP contribution in [-0.2, 0) is 22.4 Å². The molecule has 0 radical (unpaired) electrons. The summed E-state index contributed by atoms with van der Waals surface area (Å²) in [5, 5.41) is 0. The summed E-state index contributed by atoms with van der Waals surface area (Å²) in [5.74, 6) is -0.531. The van der Waals surface area contributed by atoms with E-state index >= 15 is 0 Å². The number of ether oxygens (including phenoxy) is 2. The Morgan fingerprint density at radius 3 is 2.50 bits per heavy atom. The van der Waals surface area contributed by atoms with E-state index in [0.717, 1.165) is 32.5 Å². The molecule has 0 unspecified atom stereocenters. The van der Waals surface area contributed by atoms with Gasteiger partial charge in [0.1, 0.15) is 0 Å². The van der Waals surface area contributed by atoms with Gasteiger partial charge in [0.25, 0.3) is 0 Å². The first kappa shape index (κ1) is 15.3. The maximum atomic E-state index is 6.05. The van der Waals surface area contributed by atoms with Crippen LogP contribution in [0.1, 0.15) is 29.5 Å². The molecule has 3 rings (SSSR count). The van der Waals surface area contributed by atoms with Crippen molar-refractivity contribution in [3.8, 4) is 0 Å². The van der Waals surface area contributed by atoms with E-state index in [1.165, 1.54) is 16.7 Å². The number of imidazole rings is 1. The van der Waals surface area contributed by atoms with E-state index in [2.05, 4.69) is 37.0 Å². The van der Waals surface area contributed by atoms with Crippen LogP contribution in [0.5, 0.6) is 0 Å². The highest BCUT2D eigenvalue weighted by molar-refractivity contribution is 5.28. The van der Waals surface area contributed by atoms with Gasteiger partial charge in [-0.25, -0.2) is 4.98 Å². The number of nitrogens with zero attached hydrogens (tertiary/aromatic N) is 2. The molecule has 0 amide bonds. The van der Waals surface area contributed by atoms with Crippen molar-refractivity contribution in [2.75, 3.05) is 13.2 Å². The molecular weight excluding hydrogens is 276 g/mol. The van der Waals surface area contributed by atoms with E-state index in [9.17, 15) is 0 Å². The van der Waals surface area contributed by atoms with Crippen molar-refractivity contribution in [3.63, 3.8) is 0 Å². The van der Waals surface area contributed by atoms with Crippen LogP contribution in [-0.4, -0.2) is 28.6 Å². The number of aryl methyl sites for hydroxylation is 3. The fourth-order valence-electron chi connectivity index (χ4n) is 3.14. The summed E-state index contributed by atoms with van der Waals surface area (Å²) in [6.07, 6.45) is 8.35. The first-order chi connectivity index (χ1) is 10.7. The molecule has 0 N–H and O–H groups in total. The normalized spacial score (nSPS) is 17.5. The van der Waals surface area contributed by atoms with Crippen molar-refractivity contribution in [2.24, 2.45) is 0 Å². The SMILES string of the molecule is Cc1cc(C)cc(CCC2(Cn3ccnc3)OCCCO2)c1. The van der Waals surface area contributed by atoms with Crippen molar-refractivity contribution in [2.45, 2.75) is 45.4 Å². The summed E-state index contributed by atoms with van der Waals surface area (Å²) in [7, 11) is 0. The summed E-state index contributed by atoms with van der Waals surface area (Å²) in [6.45, 7) is 6.51.